The summed E-state index contributed by atoms with van der Waals surface area (Å²) >= 11 is 0. The highest BCUT2D eigenvalue weighted by atomic mass is 19.1. The first-order valence-electron chi connectivity index (χ1n) is 9.01. The van der Waals surface area contributed by atoms with E-state index in [1.807, 2.05) is 37.3 Å². The van der Waals surface area contributed by atoms with Gasteiger partial charge in [0.2, 0.25) is 5.88 Å². The number of amides is 1. The molecule has 0 aliphatic heterocycles. The molecule has 0 bridgehead atoms. The van der Waals surface area contributed by atoms with Gasteiger partial charge in [0.15, 0.2) is 11.6 Å². The van der Waals surface area contributed by atoms with Crippen molar-refractivity contribution in [2.75, 3.05) is 5.32 Å². The van der Waals surface area contributed by atoms with Crippen LogP contribution in [0.1, 0.15) is 16.3 Å². The number of hydrogen-bond acceptors (Lipinski definition) is 4. The normalized spacial score (nSPS) is 10.6. The summed E-state index contributed by atoms with van der Waals surface area (Å²) in [5.41, 5.74) is 1.61. The number of pyridine rings is 1. The van der Waals surface area contributed by atoms with Gasteiger partial charge in [-0.3, -0.25) is 9.36 Å². The quantitative estimate of drug-likeness (QED) is 0.512. The van der Waals surface area contributed by atoms with Gasteiger partial charge in [0, 0.05) is 17.8 Å². The minimum Gasteiger partial charge on any atom is -0.436 e. The van der Waals surface area contributed by atoms with E-state index in [-0.39, 0.29) is 17.5 Å². The van der Waals surface area contributed by atoms with Crippen LogP contribution in [0.4, 0.5) is 14.5 Å². The van der Waals surface area contributed by atoms with E-state index in [9.17, 15) is 13.6 Å². The molecule has 30 heavy (non-hydrogen) atoms. The molecule has 4 rings (SSSR count). The number of hydrogen-bond donors (Lipinski definition) is 1. The van der Waals surface area contributed by atoms with Crippen molar-refractivity contribution in [2.45, 2.75) is 6.92 Å². The van der Waals surface area contributed by atoms with Gasteiger partial charge in [-0.15, -0.1) is 0 Å². The predicted molar refractivity (Wildman–Crippen MR) is 107 cm³/mol. The maximum atomic E-state index is 13.7. The highest BCUT2D eigenvalue weighted by molar-refractivity contribution is 6.03. The van der Waals surface area contributed by atoms with Gasteiger partial charge in [-0.2, -0.15) is 0 Å². The third-order valence-corrected chi connectivity index (χ3v) is 4.29. The number of carbonyl (C=O) groups is 1. The molecule has 1 amide bonds. The summed E-state index contributed by atoms with van der Waals surface area (Å²) in [7, 11) is 0. The molecule has 0 aliphatic carbocycles. The minimum absolute atomic E-state index is 0.101. The average Bonchev–Trinajstić information content (AvgIpc) is 3.13. The molecule has 150 valence electrons. The van der Waals surface area contributed by atoms with Crippen molar-refractivity contribution >= 4 is 11.6 Å². The second-order valence-electron chi connectivity index (χ2n) is 6.38. The van der Waals surface area contributed by atoms with Crippen LogP contribution in [0.15, 0.2) is 73.1 Å². The summed E-state index contributed by atoms with van der Waals surface area (Å²) in [6, 6.07) is 15.4. The number of imidazole rings is 1. The largest absolute Gasteiger partial charge is 0.436 e. The Balaban J connectivity index is 1.50. The van der Waals surface area contributed by atoms with E-state index < -0.39 is 11.6 Å². The van der Waals surface area contributed by atoms with Crippen LogP contribution in [0.25, 0.3) is 5.69 Å². The van der Waals surface area contributed by atoms with E-state index in [1.165, 1.54) is 24.5 Å². The lowest BCUT2D eigenvalue weighted by Gasteiger charge is -2.11. The van der Waals surface area contributed by atoms with Crippen molar-refractivity contribution in [2.24, 2.45) is 0 Å². The maximum absolute atomic E-state index is 13.7. The SMILES string of the molecule is Cc1ncc(C(=O)Nc2ccc(Oc3ccc(F)cc3F)nc2)n1-c1ccccc1. The first-order chi connectivity index (χ1) is 14.5. The molecule has 0 unspecified atom stereocenters. The standard InChI is InChI=1S/C22H16F2N4O2/c1-14-25-13-19(28(14)17-5-3-2-4-6-17)22(29)27-16-8-10-21(26-12-16)30-20-9-7-15(23)11-18(20)24/h2-13H,1H3,(H,27,29). The van der Waals surface area contributed by atoms with Crippen molar-refractivity contribution in [3.8, 4) is 17.3 Å². The van der Waals surface area contributed by atoms with Crippen LogP contribution in [0.5, 0.6) is 11.6 Å². The van der Waals surface area contributed by atoms with Crippen molar-refractivity contribution in [3.63, 3.8) is 0 Å². The molecule has 2 aromatic carbocycles. The highest BCUT2D eigenvalue weighted by Gasteiger charge is 2.16. The first kappa shape index (κ1) is 19.3. The molecule has 1 N–H and O–H groups in total. The lowest BCUT2D eigenvalue weighted by atomic mass is 10.3. The number of aryl methyl sites for hydroxylation is 1. The van der Waals surface area contributed by atoms with Gasteiger partial charge in [-0.25, -0.2) is 18.7 Å². The summed E-state index contributed by atoms with van der Waals surface area (Å²) in [5, 5.41) is 2.75. The van der Waals surface area contributed by atoms with E-state index in [4.69, 9.17) is 4.74 Å². The van der Waals surface area contributed by atoms with Crippen LogP contribution in [-0.4, -0.2) is 20.4 Å². The number of para-hydroxylation sites is 1. The number of rotatable bonds is 5. The molecule has 2 heterocycles. The van der Waals surface area contributed by atoms with Gasteiger partial charge < -0.3 is 10.1 Å². The lowest BCUT2D eigenvalue weighted by Crippen LogP contribution is -2.17. The van der Waals surface area contributed by atoms with Crippen LogP contribution >= 0.6 is 0 Å². The second-order valence-corrected chi connectivity index (χ2v) is 6.38. The van der Waals surface area contributed by atoms with Gasteiger partial charge in [-0.05, 0) is 37.3 Å². The fraction of sp³-hybridized carbons (Fsp3) is 0.0455. The minimum atomic E-state index is -0.835. The fourth-order valence-corrected chi connectivity index (χ4v) is 2.89. The van der Waals surface area contributed by atoms with Crippen LogP contribution in [0, 0.1) is 18.6 Å². The molecule has 8 heteroatoms. The molecule has 0 fully saturated rings. The third-order valence-electron chi connectivity index (χ3n) is 4.29. The van der Waals surface area contributed by atoms with Crippen LogP contribution in [0.2, 0.25) is 0 Å². The maximum Gasteiger partial charge on any atom is 0.274 e. The summed E-state index contributed by atoms with van der Waals surface area (Å²) < 4.78 is 33.7. The van der Waals surface area contributed by atoms with Crippen LogP contribution in [0.3, 0.4) is 0 Å². The first-order valence-corrected chi connectivity index (χ1v) is 9.01. The zero-order valence-electron chi connectivity index (χ0n) is 15.8. The number of anilines is 1. The van der Waals surface area contributed by atoms with Gasteiger partial charge in [-0.1, -0.05) is 18.2 Å². The summed E-state index contributed by atoms with van der Waals surface area (Å²) in [6.45, 7) is 1.81. The number of halogens is 2. The topological polar surface area (TPSA) is 69.0 Å². The Labute approximate surface area is 170 Å². The predicted octanol–water partition coefficient (Wildman–Crippen LogP) is 4.90. The van der Waals surface area contributed by atoms with E-state index in [2.05, 4.69) is 15.3 Å². The van der Waals surface area contributed by atoms with Gasteiger partial charge >= 0.3 is 0 Å². The zero-order valence-corrected chi connectivity index (χ0v) is 15.8. The average molecular weight is 406 g/mol. The Bertz CT molecular complexity index is 1190. The zero-order chi connectivity index (χ0) is 21.1. The molecule has 0 atom stereocenters. The lowest BCUT2D eigenvalue weighted by molar-refractivity contribution is 0.102. The Morgan fingerprint density at radius 1 is 1.00 bits per heavy atom. The number of ether oxygens (including phenoxy) is 1. The molecule has 4 aromatic rings. The Morgan fingerprint density at radius 3 is 2.50 bits per heavy atom. The second kappa shape index (κ2) is 8.12. The van der Waals surface area contributed by atoms with Gasteiger partial charge in [0.05, 0.1) is 18.1 Å². The third kappa shape index (κ3) is 4.02. The molecule has 0 saturated heterocycles. The van der Waals surface area contributed by atoms with Crippen LogP contribution < -0.4 is 10.1 Å². The molecule has 0 radical (unpaired) electrons. The number of aromatic nitrogens is 3. The van der Waals surface area contributed by atoms with Crippen molar-refractivity contribution < 1.29 is 18.3 Å². The summed E-state index contributed by atoms with van der Waals surface area (Å²) in [5.74, 6) is -1.27. The molecule has 6 nitrogen and oxygen atoms in total. The molecule has 0 aliphatic rings. The Kier molecular flexibility index (Phi) is 5.21. The summed E-state index contributed by atoms with van der Waals surface area (Å²) in [6.07, 6.45) is 2.88. The molecule has 0 spiro atoms. The molecular formula is C22H16F2N4O2. The van der Waals surface area contributed by atoms with Crippen molar-refractivity contribution in [3.05, 3.63) is 96.2 Å². The summed E-state index contributed by atoms with van der Waals surface area (Å²) in [4.78, 5) is 21.0. The van der Waals surface area contributed by atoms with Crippen molar-refractivity contribution in [1.29, 1.82) is 0 Å². The number of nitrogens with one attached hydrogen (secondary N) is 1. The smallest absolute Gasteiger partial charge is 0.274 e. The van der Waals surface area contributed by atoms with Crippen LogP contribution in [-0.2, 0) is 0 Å². The fourth-order valence-electron chi connectivity index (χ4n) is 2.89. The Hall–Kier alpha value is -4.07. The van der Waals surface area contributed by atoms with E-state index in [0.717, 1.165) is 17.8 Å². The number of nitrogens with zero attached hydrogens (tertiary/aromatic N) is 3. The molecule has 2 aromatic heterocycles. The number of benzene rings is 2. The monoisotopic (exact) mass is 406 g/mol. The Morgan fingerprint density at radius 2 is 1.80 bits per heavy atom. The van der Waals surface area contributed by atoms with Gasteiger partial charge in [0.25, 0.3) is 5.91 Å². The van der Waals surface area contributed by atoms with Gasteiger partial charge in [0.1, 0.15) is 17.3 Å². The van der Waals surface area contributed by atoms with E-state index in [1.54, 1.807) is 10.6 Å². The number of carbonyl (C=O) groups excluding carboxylic acids is 1. The molecule has 0 saturated carbocycles. The molecular weight excluding hydrogens is 390 g/mol. The highest BCUT2D eigenvalue weighted by Crippen LogP contribution is 2.24. The van der Waals surface area contributed by atoms with E-state index >= 15 is 0 Å². The van der Waals surface area contributed by atoms with E-state index in [0.29, 0.717) is 17.2 Å². The van der Waals surface area contributed by atoms with Crippen molar-refractivity contribution in [1.82, 2.24) is 14.5 Å².